The highest BCUT2D eigenvalue weighted by Crippen LogP contribution is 2.33. The van der Waals surface area contributed by atoms with Crippen LogP contribution >= 0.6 is 0 Å². The Labute approximate surface area is 224 Å². The maximum atomic E-state index is 13.0. The lowest BCUT2D eigenvalue weighted by molar-refractivity contribution is -0.0907. The number of hydrogen-bond donors (Lipinski definition) is 2. The quantitative estimate of drug-likeness (QED) is 0.459. The van der Waals surface area contributed by atoms with Crippen molar-refractivity contribution in [3.8, 4) is 0 Å². The molecule has 2 aromatic rings. The van der Waals surface area contributed by atoms with Gasteiger partial charge in [-0.25, -0.2) is 9.59 Å². The molecule has 2 N–H and O–H groups in total. The number of ether oxygens (including phenoxy) is 4. The predicted molar refractivity (Wildman–Crippen MR) is 140 cm³/mol. The number of rotatable bonds is 11. The predicted octanol–water partition coefficient (Wildman–Crippen LogP) is 3.74. The van der Waals surface area contributed by atoms with Gasteiger partial charge in [0.15, 0.2) is 6.29 Å². The van der Waals surface area contributed by atoms with Crippen molar-refractivity contribution in [1.29, 1.82) is 0 Å². The first-order chi connectivity index (χ1) is 18.4. The topological polar surface area (TPSA) is 107 Å². The fourth-order valence-electron chi connectivity index (χ4n) is 4.85. The zero-order valence-corrected chi connectivity index (χ0v) is 22.0. The highest BCUT2D eigenvalue weighted by atomic mass is 16.7. The molecule has 2 aliphatic heterocycles. The lowest BCUT2D eigenvalue weighted by Crippen LogP contribution is -2.52. The number of alkyl carbamates (subject to hydrolysis) is 1. The summed E-state index contributed by atoms with van der Waals surface area (Å²) < 4.78 is 22.3. The molecule has 2 heterocycles. The van der Waals surface area contributed by atoms with E-state index < -0.39 is 30.4 Å². The lowest BCUT2D eigenvalue weighted by atomic mass is 10.0. The van der Waals surface area contributed by atoms with Gasteiger partial charge in [-0.3, -0.25) is 0 Å². The standard InChI is InChI=1S/C29H38N2O7/c1-20(2)16-31(29(34)37-18-22-11-7-4-8-12-22)17-25(32)24(15-21-9-5-3-6-10-21)30-28(33)38-26-19-36-27-23(26)13-14-35-27/h3-12,20,23-27,32H,13-19H2,1-2H3,(H,30,33)/t23-,24-,25+,26-,27+/m0/s1. The number of nitrogens with zero attached hydrogens (tertiary/aromatic N) is 1. The number of aliphatic hydroxyl groups is 1. The van der Waals surface area contributed by atoms with E-state index in [4.69, 9.17) is 18.9 Å². The summed E-state index contributed by atoms with van der Waals surface area (Å²) in [6.07, 6.45) is -1.80. The molecule has 2 amide bonds. The van der Waals surface area contributed by atoms with Crippen molar-refractivity contribution in [3.63, 3.8) is 0 Å². The Morgan fingerprint density at radius 1 is 1.03 bits per heavy atom. The van der Waals surface area contributed by atoms with Crippen molar-refractivity contribution in [1.82, 2.24) is 10.2 Å². The maximum Gasteiger partial charge on any atom is 0.410 e. The van der Waals surface area contributed by atoms with E-state index in [1.54, 1.807) is 0 Å². The Balaban J connectivity index is 1.40. The van der Waals surface area contributed by atoms with Gasteiger partial charge in [0.25, 0.3) is 0 Å². The molecule has 0 bridgehead atoms. The molecule has 4 rings (SSSR count). The van der Waals surface area contributed by atoms with Crippen molar-refractivity contribution in [3.05, 3.63) is 71.8 Å². The van der Waals surface area contributed by atoms with Crippen LogP contribution in [0.2, 0.25) is 0 Å². The second-order valence-electron chi connectivity index (χ2n) is 10.3. The summed E-state index contributed by atoms with van der Waals surface area (Å²) in [4.78, 5) is 27.4. The van der Waals surface area contributed by atoms with Crippen molar-refractivity contribution in [2.45, 2.75) is 57.8 Å². The van der Waals surface area contributed by atoms with Gasteiger partial charge in [0.05, 0.1) is 37.8 Å². The largest absolute Gasteiger partial charge is 0.445 e. The molecule has 0 aromatic heterocycles. The average molecular weight is 527 g/mol. The normalized spacial score (nSPS) is 21.9. The number of hydrogen-bond acceptors (Lipinski definition) is 7. The summed E-state index contributed by atoms with van der Waals surface area (Å²) in [6.45, 7) is 5.37. The van der Waals surface area contributed by atoms with Gasteiger partial charge in [0.1, 0.15) is 12.7 Å². The molecule has 9 nitrogen and oxygen atoms in total. The van der Waals surface area contributed by atoms with E-state index >= 15 is 0 Å². The summed E-state index contributed by atoms with van der Waals surface area (Å²) in [7, 11) is 0. The number of fused-ring (bicyclic) bond motifs is 1. The van der Waals surface area contributed by atoms with E-state index in [0.717, 1.165) is 17.5 Å². The summed E-state index contributed by atoms with van der Waals surface area (Å²) in [6, 6.07) is 18.3. The van der Waals surface area contributed by atoms with Gasteiger partial charge < -0.3 is 34.3 Å². The fourth-order valence-corrected chi connectivity index (χ4v) is 4.85. The van der Waals surface area contributed by atoms with E-state index in [0.29, 0.717) is 19.6 Å². The lowest BCUT2D eigenvalue weighted by Gasteiger charge is -2.31. The Hall–Kier alpha value is -3.14. The maximum absolute atomic E-state index is 13.0. The number of carbonyl (C=O) groups excluding carboxylic acids is 2. The van der Waals surface area contributed by atoms with Crippen LogP contribution in [0, 0.1) is 11.8 Å². The van der Waals surface area contributed by atoms with Crippen LogP contribution in [0.1, 0.15) is 31.4 Å². The summed E-state index contributed by atoms with van der Waals surface area (Å²) in [5, 5.41) is 14.1. The van der Waals surface area contributed by atoms with Gasteiger partial charge >= 0.3 is 12.2 Å². The third-order valence-corrected chi connectivity index (χ3v) is 6.77. The minimum Gasteiger partial charge on any atom is -0.445 e. The van der Waals surface area contributed by atoms with Crippen molar-refractivity contribution in [2.24, 2.45) is 11.8 Å². The van der Waals surface area contributed by atoms with E-state index in [2.05, 4.69) is 5.32 Å². The van der Waals surface area contributed by atoms with E-state index in [1.165, 1.54) is 4.90 Å². The summed E-state index contributed by atoms with van der Waals surface area (Å²) in [5.41, 5.74) is 1.82. The van der Waals surface area contributed by atoms with Crippen LogP contribution in [-0.2, 0) is 32.0 Å². The first-order valence-electron chi connectivity index (χ1n) is 13.3. The zero-order chi connectivity index (χ0) is 26.9. The van der Waals surface area contributed by atoms with Gasteiger partial charge in [0, 0.05) is 6.54 Å². The van der Waals surface area contributed by atoms with Crippen LogP contribution < -0.4 is 5.32 Å². The van der Waals surface area contributed by atoms with Crippen molar-refractivity contribution >= 4 is 12.2 Å². The highest BCUT2D eigenvalue weighted by molar-refractivity contribution is 5.69. The minimum absolute atomic E-state index is 0.00530. The molecule has 0 aliphatic carbocycles. The summed E-state index contributed by atoms with van der Waals surface area (Å²) in [5.74, 6) is 0.167. The molecule has 2 fully saturated rings. The molecule has 0 unspecified atom stereocenters. The monoisotopic (exact) mass is 526 g/mol. The number of benzene rings is 2. The van der Waals surface area contributed by atoms with E-state index in [-0.39, 0.29) is 37.9 Å². The number of nitrogens with one attached hydrogen (secondary N) is 1. The zero-order valence-electron chi connectivity index (χ0n) is 22.0. The van der Waals surface area contributed by atoms with E-state index in [1.807, 2.05) is 74.5 Å². The second-order valence-corrected chi connectivity index (χ2v) is 10.3. The van der Waals surface area contributed by atoms with Crippen LogP contribution in [0.15, 0.2) is 60.7 Å². The second kappa shape index (κ2) is 13.6. The SMILES string of the molecule is CC(C)CN(C[C@@H](O)[C@H](Cc1ccccc1)NC(=O)O[C@H]1CO[C@H]2OCC[C@H]21)C(=O)OCc1ccccc1. The van der Waals surface area contributed by atoms with Crippen LogP contribution in [0.5, 0.6) is 0 Å². The Morgan fingerprint density at radius 3 is 2.39 bits per heavy atom. The van der Waals surface area contributed by atoms with Crippen LogP contribution in [0.4, 0.5) is 9.59 Å². The van der Waals surface area contributed by atoms with Crippen molar-refractivity contribution in [2.75, 3.05) is 26.3 Å². The first-order valence-corrected chi connectivity index (χ1v) is 13.3. The molecule has 2 aliphatic rings. The number of amides is 2. The Bertz CT molecular complexity index is 1020. The molecule has 206 valence electrons. The molecule has 0 spiro atoms. The Kier molecular flexibility index (Phi) is 9.98. The molecule has 0 radical (unpaired) electrons. The van der Waals surface area contributed by atoms with E-state index in [9.17, 15) is 14.7 Å². The molecule has 9 heteroatoms. The third-order valence-electron chi connectivity index (χ3n) is 6.77. The van der Waals surface area contributed by atoms with Crippen LogP contribution in [0.3, 0.4) is 0 Å². The fraction of sp³-hybridized carbons (Fsp3) is 0.517. The molecule has 38 heavy (non-hydrogen) atoms. The van der Waals surface area contributed by atoms with Gasteiger partial charge in [0.2, 0.25) is 0 Å². The van der Waals surface area contributed by atoms with Crippen LogP contribution in [-0.4, -0.2) is 73.0 Å². The van der Waals surface area contributed by atoms with Gasteiger partial charge in [-0.1, -0.05) is 74.5 Å². The molecular formula is C29H38N2O7. The highest BCUT2D eigenvalue weighted by Gasteiger charge is 2.44. The smallest absolute Gasteiger partial charge is 0.410 e. The number of carbonyl (C=O) groups is 2. The van der Waals surface area contributed by atoms with Gasteiger partial charge in [-0.05, 0) is 29.9 Å². The Morgan fingerprint density at radius 2 is 1.71 bits per heavy atom. The van der Waals surface area contributed by atoms with Gasteiger partial charge in [-0.2, -0.15) is 0 Å². The van der Waals surface area contributed by atoms with Crippen molar-refractivity contribution < 1.29 is 33.6 Å². The number of aliphatic hydroxyl groups excluding tert-OH is 1. The van der Waals surface area contributed by atoms with Gasteiger partial charge in [-0.15, -0.1) is 0 Å². The molecular weight excluding hydrogens is 488 g/mol. The first kappa shape index (κ1) is 27.9. The molecule has 0 saturated carbocycles. The average Bonchev–Trinajstić information content (AvgIpc) is 3.52. The molecule has 5 atom stereocenters. The minimum atomic E-state index is -1.06. The summed E-state index contributed by atoms with van der Waals surface area (Å²) >= 11 is 0. The molecule has 2 saturated heterocycles. The molecule has 2 aromatic carbocycles. The van der Waals surface area contributed by atoms with Crippen LogP contribution in [0.25, 0.3) is 0 Å². The third kappa shape index (κ3) is 7.93.